The van der Waals surface area contributed by atoms with Crippen molar-refractivity contribution in [3.05, 3.63) is 53.1 Å². The van der Waals surface area contributed by atoms with Crippen LogP contribution in [0.4, 0.5) is 0 Å². The molecular formula is C16H16N6O2. The maximum Gasteiger partial charge on any atom is 0.311 e. The highest BCUT2D eigenvalue weighted by Crippen LogP contribution is 2.10. The zero-order valence-corrected chi connectivity index (χ0v) is 13.5. The van der Waals surface area contributed by atoms with Crippen LogP contribution in [-0.2, 0) is 0 Å². The van der Waals surface area contributed by atoms with Crippen molar-refractivity contribution in [1.82, 2.24) is 25.0 Å². The van der Waals surface area contributed by atoms with E-state index in [-0.39, 0.29) is 5.82 Å². The Bertz CT molecular complexity index is 931. The molecule has 2 heterocycles. The Morgan fingerprint density at radius 2 is 2.12 bits per heavy atom. The van der Waals surface area contributed by atoms with E-state index in [0.29, 0.717) is 11.5 Å². The molecule has 1 aromatic carbocycles. The SMILES string of the molecule is COc1cccc(/C=N/NC(=O)c2nc3nc(C)cc(C)n3n2)c1. The van der Waals surface area contributed by atoms with Gasteiger partial charge in [-0.05, 0) is 37.6 Å². The average molecular weight is 324 g/mol. The van der Waals surface area contributed by atoms with E-state index in [0.717, 1.165) is 17.0 Å². The lowest BCUT2D eigenvalue weighted by molar-refractivity contribution is 0.0945. The van der Waals surface area contributed by atoms with E-state index in [4.69, 9.17) is 4.74 Å². The van der Waals surface area contributed by atoms with Gasteiger partial charge in [0.2, 0.25) is 5.82 Å². The number of carbonyl (C=O) groups excluding carboxylic acids is 1. The van der Waals surface area contributed by atoms with Gasteiger partial charge in [0, 0.05) is 11.4 Å². The summed E-state index contributed by atoms with van der Waals surface area (Å²) in [6, 6.07) is 9.17. The van der Waals surface area contributed by atoms with Crippen LogP contribution in [0.15, 0.2) is 35.4 Å². The number of aryl methyl sites for hydroxylation is 2. The van der Waals surface area contributed by atoms with Crippen LogP contribution in [0.1, 0.15) is 27.6 Å². The van der Waals surface area contributed by atoms with Crippen molar-refractivity contribution in [2.45, 2.75) is 13.8 Å². The lowest BCUT2D eigenvalue weighted by Crippen LogP contribution is -2.19. The van der Waals surface area contributed by atoms with Gasteiger partial charge >= 0.3 is 5.91 Å². The first-order valence-corrected chi connectivity index (χ1v) is 7.25. The molecule has 0 aliphatic carbocycles. The second-order valence-electron chi connectivity index (χ2n) is 5.16. The summed E-state index contributed by atoms with van der Waals surface area (Å²) in [5.41, 5.74) is 4.87. The molecule has 24 heavy (non-hydrogen) atoms. The van der Waals surface area contributed by atoms with E-state index in [9.17, 15) is 4.79 Å². The molecule has 1 N–H and O–H groups in total. The first kappa shape index (κ1) is 15.6. The van der Waals surface area contributed by atoms with E-state index in [1.165, 1.54) is 10.7 Å². The predicted molar refractivity (Wildman–Crippen MR) is 88.3 cm³/mol. The van der Waals surface area contributed by atoms with Crippen molar-refractivity contribution in [1.29, 1.82) is 0 Å². The molecule has 0 fully saturated rings. The summed E-state index contributed by atoms with van der Waals surface area (Å²) in [5.74, 6) is 0.606. The molecular weight excluding hydrogens is 308 g/mol. The number of benzene rings is 1. The lowest BCUT2D eigenvalue weighted by Gasteiger charge is -1.99. The molecule has 8 heteroatoms. The van der Waals surface area contributed by atoms with Crippen LogP contribution in [-0.4, -0.2) is 38.8 Å². The van der Waals surface area contributed by atoms with Gasteiger partial charge in [0.25, 0.3) is 5.78 Å². The van der Waals surface area contributed by atoms with Crippen LogP contribution in [0.5, 0.6) is 5.75 Å². The number of ether oxygens (including phenoxy) is 1. The van der Waals surface area contributed by atoms with E-state index in [1.807, 2.05) is 38.1 Å². The Kier molecular flexibility index (Phi) is 4.19. The molecule has 0 atom stereocenters. The van der Waals surface area contributed by atoms with Crippen LogP contribution in [0.25, 0.3) is 5.78 Å². The van der Waals surface area contributed by atoms with Crippen LogP contribution in [0.2, 0.25) is 0 Å². The van der Waals surface area contributed by atoms with Crippen molar-refractivity contribution in [2.75, 3.05) is 7.11 Å². The molecule has 0 saturated carbocycles. The number of carbonyl (C=O) groups is 1. The molecule has 0 spiro atoms. The van der Waals surface area contributed by atoms with Crippen LogP contribution < -0.4 is 10.2 Å². The number of nitrogens with one attached hydrogen (secondary N) is 1. The van der Waals surface area contributed by atoms with Crippen molar-refractivity contribution in [3.8, 4) is 5.75 Å². The maximum absolute atomic E-state index is 12.1. The fourth-order valence-electron chi connectivity index (χ4n) is 2.20. The zero-order valence-electron chi connectivity index (χ0n) is 13.5. The molecule has 0 radical (unpaired) electrons. The number of aromatic nitrogens is 4. The molecule has 0 saturated heterocycles. The van der Waals surface area contributed by atoms with Crippen molar-refractivity contribution in [2.24, 2.45) is 5.10 Å². The second-order valence-corrected chi connectivity index (χ2v) is 5.16. The Morgan fingerprint density at radius 1 is 1.29 bits per heavy atom. The topological polar surface area (TPSA) is 93.8 Å². The Morgan fingerprint density at radius 3 is 2.92 bits per heavy atom. The third kappa shape index (κ3) is 3.22. The van der Waals surface area contributed by atoms with Gasteiger partial charge in [-0.25, -0.2) is 14.9 Å². The van der Waals surface area contributed by atoms with Gasteiger partial charge in [0.1, 0.15) is 5.75 Å². The summed E-state index contributed by atoms with van der Waals surface area (Å²) in [6.07, 6.45) is 1.52. The number of rotatable bonds is 4. The minimum Gasteiger partial charge on any atom is -0.497 e. The van der Waals surface area contributed by atoms with Crippen molar-refractivity contribution >= 4 is 17.9 Å². The molecule has 1 amide bonds. The van der Waals surface area contributed by atoms with Crippen LogP contribution in [0, 0.1) is 13.8 Å². The molecule has 3 aromatic rings. The normalized spacial score (nSPS) is 11.1. The maximum atomic E-state index is 12.1. The molecule has 0 aliphatic rings. The van der Waals surface area contributed by atoms with Gasteiger partial charge in [0.15, 0.2) is 0 Å². The Balaban J connectivity index is 1.75. The fraction of sp³-hybridized carbons (Fsp3) is 0.188. The summed E-state index contributed by atoms with van der Waals surface area (Å²) in [6.45, 7) is 3.73. The summed E-state index contributed by atoms with van der Waals surface area (Å²) < 4.78 is 6.65. The molecule has 0 unspecified atom stereocenters. The average Bonchev–Trinajstić information content (AvgIpc) is 2.99. The van der Waals surface area contributed by atoms with Gasteiger partial charge in [0.05, 0.1) is 13.3 Å². The summed E-state index contributed by atoms with van der Waals surface area (Å²) in [7, 11) is 1.59. The number of hydrazone groups is 1. The molecule has 8 nitrogen and oxygen atoms in total. The number of fused-ring (bicyclic) bond motifs is 1. The van der Waals surface area contributed by atoms with Gasteiger partial charge < -0.3 is 4.74 Å². The first-order valence-electron chi connectivity index (χ1n) is 7.25. The van der Waals surface area contributed by atoms with Crippen LogP contribution >= 0.6 is 0 Å². The number of hydrogen-bond acceptors (Lipinski definition) is 6. The van der Waals surface area contributed by atoms with Gasteiger partial charge in [-0.3, -0.25) is 4.79 Å². The molecule has 3 rings (SSSR count). The minimum absolute atomic E-state index is 0.0130. The van der Waals surface area contributed by atoms with E-state index in [2.05, 4.69) is 25.6 Å². The number of amides is 1. The zero-order chi connectivity index (χ0) is 17.1. The summed E-state index contributed by atoms with van der Waals surface area (Å²) in [5, 5.41) is 8.06. The third-order valence-corrected chi connectivity index (χ3v) is 3.29. The predicted octanol–water partition coefficient (Wildman–Crippen LogP) is 1.51. The second kappa shape index (κ2) is 6.45. The monoisotopic (exact) mass is 324 g/mol. The lowest BCUT2D eigenvalue weighted by atomic mass is 10.2. The Labute approximate surface area is 138 Å². The fourth-order valence-corrected chi connectivity index (χ4v) is 2.20. The first-order chi connectivity index (χ1) is 11.6. The number of hydrogen-bond donors (Lipinski definition) is 1. The van der Waals surface area contributed by atoms with Gasteiger partial charge in [-0.1, -0.05) is 12.1 Å². The minimum atomic E-state index is -0.503. The number of nitrogens with zero attached hydrogens (tertiary/aromatic N) is 5. The molecule has 2 aromatic heterocycles. The quantitative estimate of drug-likeness (QED) is 0.580. The van der Waals surface area contributed by atoms with Gasteiger partial charge in [-0.15, -0.1) is 5.10 Å². The highest BCUT2D eigenvalue weighted by atomic mass is 16.5. The summed E-state index contributed by atoms with van der Waals surface area (Å²) >= 11 is 0. The highest BCUT2D eigenvalue weighted by Gasteiger charge is 2.14. The highest BCUT2D eigenvalue weighted by molar-refractivity contribution is 5.91. The molecule has 122 valence electrons. The smallest absolute Gasteiger partial charge is 0.311 e. The standard InChI is InChI=1S/C16H16N6O2/c1-10-7-11(2)22-16(18-10)19-14(21-22)15(23)20-17-9-12-5-4-6-13(8-12)24-3/h4-9H,1-3H3,(H,20,23)/b17-9+. The molecule has 0 bridgehead atoms. The van der Waals surface area contributed by atoms with Gasteiger partial charge in [-0.2, -0.15) is 10.1 Å². The van der Waals surface area contributed by atoms with E-state index < -0.39 is 5.91 Å². The number of methoxy groups -OCH3 is 1. The van der Waals surface area contributed by atoms with Crippen LogP contribution in [0.3, 0.4) is 0 Å². The summed E-state index contributed by atoms with van der Waals surface area (Å²) in [4.78, 5) is 20.5. The van der Waals surface area contributed by atoms with Crippen molar-refractivity contribution < 1.29 is 9.53 Å². The van der Waals surface area contributed by atoms with E-state index in [1.54, 1.807) is 13.2 Å². The largest absolute Gasteiger partial charge is 0.497 e. The van der Waals surface area contributed by atoms with E-state index >= 15 is 0 Å². The molecule has 0 aliphatic heterocycles. The third-order valence-electron chi connectivity index (χ3n) is 3.29. The Hall–Kier alpha value is -3.29. The van der Waals surface area contributed by atoms with Crippen molar-refractivity contribution in [3.63, 3.8) is 0 Å².